The Bertz CT molecular complexity index is 1100. The van der Waals surface area contributed by atoms with Gasteiger partial charge in [-0.25, -0.2) is 0 Å². The molecule has 1 unspecified atom stereocenters. The summed E-state index contributed by atoms with van der Waals surface area (Å²) >= 11 is 13.7. The smallest absolute Gasteiger partial charge is 0.242 e. The number of hydrogen-bond acceptors (Lipinski definition) is 3. The molecule has 31 heavy (non-hydrogen) atoms. The monoisotopic (exact) mass is 470 g/mol. The fraction of sp³-hybridized carbons (Fsp3) is 0.167. The number of carbonyl (C=O) groups excluding carboxylic acids is 2. The second-order valence-corrected chi connectivity index (χ2v) is 9.34. The molecule has 0 spiro atoms. The Balaban J connectivity index is 1.56. The summed E-state index contributed by atoms with van der Waals surface area (Å²) in [4.78, 5) is 26.2. The lowest BCUT2D eigenvalue weighted by Crippen LogP contribution is -2.19. The lowest BCUT2D eigenvalue weighted by atomic mass is 10.1. The minimum atomic E-state index is -0.523. The van der Waals surface area contributed by atoms with Gasteiger partial charge in [-0.2, -0.15) is 0 Å². The zero-order chi connectivity index (χ0) is 21.8. The van der Waals surface area contributed by atoms with Crippen molar-refractivity contribution >= 4 is 58.2 Å². The van der Waals surface area contributed by atoms with Crippen molar-refractivity contribution in [3.8, 4) is 0 Å². The Morgan fingerprint density at radius 2 is 1.68 bits per heavy atom. The van der Waals surface area contributed by atoms with Crippen LogP contribution < -0.4 is 10.6 Å². The average Bonchev–Trinajstić information content (AvgIpc) is 3.61. The number of carbonyl (C=O) groups is 2. The van der Waals surface area contributed by atoms with Crippen LogP contribution in [0.15, 0.2) is 77.7 Å². The second kappa shape index (κ2) is 9.77. The summed E-state index contributed by atoms with van der Waals surface area (Å²) in [7, 11) is 0. The number of nitrogens with one attached hydrogen (secondary N) is 2. The fourth-order valence-corrected chi connectivity index (χ4v) is 4.49. The maximum atomic E-state index is 13.2. The molecular weight excluding hydrogens is 451 g/mol. The van der Waals surface area contributed by atoms with E-state index in [1.54, 1.807) is 18.2 Å². The van der Waals surface area contributed by atoms with Gasteiger partial charge < -0.3 is 10.6 Å². The molecule has 4 rings (SSSR count). The minimum absolute atomic E-state index is 0.0510. The first-order valence-corrected chi connectivity index (χ1v) is 11.5. The zero-order valence-electron chi connectivity index (χ0n) is 16.5. The summed E-state index contributed by atoms with van der Waals surface area (Å²) in [6.45, 7) is 0. The molecule has 1 fully saturated rings. The second-order valence-electron chi connectivity index (χ2n) is 7.31. The van der Waals surface area contributed by atoms with E-state index in [1.807, 2.05) is 54.6 Å². The molecule has 0 radical (unpaired) electrons. The zero-order valence-corrected chi connectivity index (χ0v) is 18.8. The van der Waals surface area contributed by atoms with E-state index >= 15 is 0 Å². The van der Waals surface area contributed by atoms with Crippen molar-refractivity contribution in [2.45, 2.75) is 23.0 Å². The van der Waals surface area contributed by atoms with Gasteiger partial charge in [-0.05, 0) is 54.8 Å². The van der Waals surface area contributed by atoms with E-state index in [2.05, 4.69) is 10.6 Å². The molecule has 0 bridgehead atoms. The van der Waals surface area contributed by atoms with E-state index in [1.165, 1.54) is 11.8 Å². The molecule has 2 amide bonds. The van der Waals surface area contributed by atoms with Crippen LogP contribution in [0.2, 0.25) is 10.0 Å². The van der Waals surface area contributed by atoms with Crippen LogP contribution in [0.1, 0.15) is 23.7 Å². The molecule has 0 saturated heterocycles. The Hall–Kier alpha value is -2.47. The van der Waals surface area contributed by atoms with E-state index in [9.17, 15) is 9.59 Å². The first-order valence-electron chi connectivity index (χ1n) is 9.88. The summed E-state index contributed by atoms with van der Waals surface area (Å²) in [6.07, 6.45) is 1.89. The molecule has 158 valence electrons. The van der Waals surface area contributed by atoms with Crippen LogP contribution in [-0.4, -0.2) is 11.8 Å². The number of benzene rings is 3. The van der Waals surface area contributed by atoms with E-state index in [0.717, 1.165) is 29.0 Å². The SMILES string of the molecule is O=C(Nc1cccc(SC(C(=O)Nc2cc(Cl)ccc2Cl)c2ccccc2)c1)C1CC1. The van der Waals surface area contributed by atoms with Crippen molar-refractivity contribution < 1.29 is 9.59 Å². The molecule has 1 aliphatic rings. The molecule has 1 saturated carbocycles. The number of halogens is 2. The lowest BCUT2D eigenvalue weighted by molar-refractivity contribution is -0.117. The van der Waals surface area contributed by atoms with Crippen LogP contribution >= 0.6 is 35.0 Å². The van der Waals surface area contributed by atoms with Crippen molar-refractivity contribution in [1.29, 1.82) is 0 Å². The topological polar surface area (TPSA) is 58.2 Å². The third-order valence-electron chi connectivity index (χ3n) is 4.83. The molecule has 1 aliphatic carbocycles. The number of anilines is 2. The highest BCUT2D eigenvalue weighted by atomic mass is 35.5. The summed E-state index contributed by atoms with van der Waals surface area (Å²) < 4.78 is 0. The van der Waals surface area contributed by atoms with Crippen molar-refractivity contribution in [1.82, 2.24) is 0 Å². The largest absolute Gasteiger partial charge is 0.326 e. The Labute approximate surface area is 195 Å². The van der Waals surface area contributed by atoms with Crippen LogP contribution in [0, 0.1) is 5.92 Å². The molecule has 0 aliphatic heterocycles. The van der Waals surface area contributed by atoms with Gasteiger partial charge in [0.2, 0.25) is 11.8 Å². The predicted octanol–water partition coefficient (Wildman–Crippen LogP) is 6.81. The molecule has 1 atom stereocenters. The van der Waals surface area contributed by atoms with Gasteiger partial charge in [0.15, 0.2) is 0 Å². The Morgan fingerprint density at radius 3 is 2.42 bits per heavy atom. The van der Waals surface area contributed by atoms with Crippen molar-refractivity contribution in [2.75, 3.05) is 10.6 Å². The van der Waals surface area contributed by atoms with Crippen LogP contribution in [0.5, 0.6) is 0 Å². The van der Waals surface area contributed by atoms with Crippen molar-refractivity contribution in [3.63, 3.8) is 0 Å². The van der Waals surface area contributed by atoms with Gasteiger partial charge in [-0.15, -0.1) is 11.8 Å². The molecule has 3 aromatic rings. The predicted molar refractivity (Wildman–Crippen MR) is 128 cm³/mol. The van der Waals surface area contributed by atoms with Gasteiger partial charge in [-0.3, -0.25) is 9.59 Å². The highest BCUT2D eigenvalue weighted by molar-refractivity contribution is 8.00. The Kier molecular flexibility index (Phi) is 6.86. The van der Waals surface area contributed by atoms with Crippen LogP contribution in [0.4, 0.5) is 11.4 Å². The maximum absolute atomic E-state index is 13.2. The third kappa shape index (κ3) is 5.82. The number of hydrogen-bond donors (Lipinski definition) is 2. The van der Waals surface area contributed by atoms with Crippen LogP contribution in [0.3, 0.4) is 0 Å². The van der Waals surface area contributed by atoms with E-state index in [0.29, 0.717) is 15.7 Å². The lowest BCUT2D eigenvalue weighted by Gasteiger charge is -2.18. The maximum Gasteiger partial charge on any atom is 0.242 e. The van der Waals surface area contributed by atoms with Crippen molar-refractivity contribution in [3.05, 3.63) is 88.4 Å². The molecule has 0 heterocycles. The highest BCUT2D eigenvalue weighted by Crippen LogP contribution is 2.38. The van der Waals surface area contributed by atoms with Gasteiger partial charge in [-0.1, -0.05) is 59.6 Å². The van der Waals surface area contributed by atoms with Gasteiger partial charge >= 0.3 is 0 Å². The van der Waals surface area contributed by atoms with E-state index < -0.39 is 5.25 Å². The van der Waals surface area contributed by atoms with Crippen LogP contribution in [0.25, 0.3) is 0 Å². The first kappa shape index (κ1) is 21.8. The number of amides is 2. The molecular formula is C24H20Cl2N2O2S. The molecule has 0 aromatic heterocycles. The van der Waals surface area contributed by atoms with E-state index in [4.69, 9.17) is 23.2 Å². The van der Waals surface area contributed by atoms with Gasteiger partial charge in [0.25, 0.3) is 0 Å². The van der Waals surface area contributed by atoms with E-state index in [-0.39, 0.29) is 17.7 Å². The summed E-state index contributed by atoms with van der Waals surface area (Å²) in [5.74, 6) is -0.0375. The molecule has 4 nitrogen and oxygen atoms in total. The summed E-state index contributed by atoms with van der Waals surface area (Å²) in [6, 6.07) is 22.0. The third-order valence-corrected chi connectivity index (χ3v) is 6.64. The fourth-order valence-electron chi connectivity index (χ4n) is 3.07. The number of rotatable bonds is 7. The van der Waals surface area contributed by atoms with Crippen molar-refractivity contribution in [2.24, 2.45) is 5.92 Å². The highest BCUT2D eigenvalue weighted by Gasteiger charge is 2.29. The normalized spacial score (nSPS) is 14.0. The molecule has 7 heteroatoms. The standard InChI is InChI=1S/C24H20Cl2N2O2S/c25-17-11-12-20(26)21(13-17)28-24(30)22(15-5-2-1-3-6-15)31-19-8-4-7-18(14-19)27-23(29)16-9-10-16/h1-8,11-14,16,22H,9-10H2,(H,27,29)(H,28,30). The first-order chi connectivity index (χ1) is 15.0. The average molecular weight is 471 g/mol. The van der Waals surface area contributed by atoms with Gasteiger partial charge in [0, 0.05) is 21.5 Å². The summed E-state index contributed by atoms with van der Waals surface area (Å²) in [5, 5.41) is 6.23. The minimum Gasteiger partial charge on any atom is -0.326 e. The van der Waals surface area contributed by atoms with Crippen LogP contribution in [-0.2, 0) is 9.59 Å². The summed E-state index contributed by atoms with van der Waals surface area (Å²) in [5.41, 5.74) is 2.05. The quantitative estimate of drug-likeness (QED) is 0.372. The number of thioether (sulfide) groups is 1. The van der Waals surface area contributed by atoms with Gasteiger partial charge in [0.1, 0.15) is 5.25 Å². The Morgan fingerprint density at radius 1 is 0.903 bits per heavy atom. The van der Waals surface area contributed by atoms with Gasteiger partial charge in [0.05, 0.1) is 10.7 Å². The molecule has 3 aromatic carbocycles. The molecule has 2 N–H and O–H groups in total.